The second kappa shape index (κ2) is 10.2. The van der Waals surface area contributed by atoms with Crippen LogP contribution in [-0.4, -0.2) is 42.7 Å². The molecule has 1 aromatic rings. The van der Waals surface area contributed by atoms with Crippen molar-refractivity contribution in [1.82, 2.24) is 10.2 Å². The number of rotatable bonds is 0. The first-order valence-electron chi connectivity index (χ1n) is 8.63. The van der Waals surface area contributed by atoms with Crippen molar-refractivity contribution in [3.63, 3.8) is 0 Å². The van der Waals surface area contributed by atoms with Crippen LogP contribution < -0.4 is 5.32 Å². The van der Waals surface area contributed by atoms with Crippen molar-refractivity contribution in [1.29, 1.82) is 0 Å². The van der Waals surface area contributed by atoms with E-state index in [9.17, 15) is 0 Å². The fraction of sp³-hybridized carbons (Fsp3) is 0.350. The molecule has 1 aromatic carbocycles. The fourth-order valence-corrected chi connectivity index (χ4v) is 3.35. The van der Waals surface area contributed by atoms with Crippen LogP contribution in [0, 0.1) is 0 Å². The molecule has 1 N–H and O–H groups in total. The molecule has 0 radical (unpaired) electrons. The maximum atomic E-state index is 4.96. The van der Waals surface area contributed by atoms with Crippen molar-refractivity contribution >= 4 is 23.3 Å². The third-order valence-electron chi connectivity index (χ3n) is 3.68. The Morgan fingerprint density at radius 2 is 1.88 bits per heavy atom. The molecule has 24 heavy (non-hydrogen) atoms. The maximum absolute atomic E-state index is 4.96. The van der Waals surface area contributed by atoms with Crippen molar-refractivity contribution in [3.8, 4) is 0 Å². The molecule has 3 nitrogen and oxygen atoms in total. The zero-order valence-electron chi connectivity index (χ0n) is 14.7. The third kappa shape index (κ3) is 5.11. The van der Waals surface area contributed by atoms with E-state index in [1.54, 1.807) is 0 Å². The number of nitrogens with zero attached hydrogens (tertiary/aromatic N) is 2. The Labute approximate surface area is 150 Å². The van der Waals surface area contributed by atoms with Crippen molar-refractivity contribution < 1.29 is 0 Å². The first-order chi connectivity index (χ1) is 11.8. The summed E-state index contributed by atoms with van der Waals surface area (Å²) in [5.74, 6) is 1.94. The summed E-state index contributed by atoms with van der Waals surface area (Å²) in [5, 5.41) is 3.39. The minimum atomic E-state index is 0.951. The molecule has 0 bridgehead atoms. The van der Waals surface area contributed by atoms with E-state index >= 15 is 0 Å². The number of allylic oxidation sites excluding steroid dienone is 2. The molecule has 2 heterocycles. The highest BCUT2D eigenvalue weighted by Crippen LogP contribution is 2.30. The number of piperazine rings is 1. The van der Waals surface area contributed by atoms with Crippen LogP contribution in [0.15, 0.2) is 70.6 Å². The largest absolute Gasteiger partial charge is 0.354 e. The highest BCUT2D eigenvalue weighted by Gasteiger charge is 2.17. The van der Waals surface area contributed by atoms with E-state index in [4.69, 9.17) is 4.99 Å². The van der Waals surface area contributed by atoms with Gasteiger partial charge in [-0.1, -0.05) is 56.9 Å². The van der Waals surface area contributed by atoms with Crippen LogP contribution in [-0.2, 0) is 0 Å². The van der Waals surface area contributed by atoms with Gasteiger partial charge in [0.15, 0.2) is 0 Å². The Morgan fingerprint density at radius 3 is 2.67 bits per heavy atom. The molecule has 1 fully saturated rings. The maximum Gasteiger partial charge on any atom is 0.136 e. The van der Waals surface area contributed by atoms with Gasteiger partial charge in [-0.25, -0.2) is 4.99 Å². The predicted molar refractivity (Wildman–Crippen MR) is 107 cm³/mol. The van der Waals surface area contributed by atoms with Gasteiger partial charge in [-0.3, -0.25) is 0 Å². The van der Waals surface area contributed by atoms with Gasteiger partial charge in [-0.05, 0) is 12.1 Å². The number of benzene rings is 1. The van der Waals surface area contributed by atoms with E-state index in [1.807, 2.05) is 31.7 Å². The van der Waals surface area contributed by atoms with Crippen LogP contribution in [0.2, 0.25) is 0 Å². The lowest BCUT2D eigenvalue weighted by molar-refractivity contribution is 0.358. The SMILES string of the molecule is C=C1/C=C\C=C/CSc2ccccc2N=C1N1CCNCC1.CC. The number of para-hydroxylation sites is 1. The van der Waals surface area contributed by atoms with E-state index in [0.29, 0.717) is 0 Å². The van der Waals surface area contributed by atoms with E-state index in [0.717, 1.165) is 49.0 Å². The molecule has 3 rings (SSSR count). The Morgan fingerprint density at radius 1 is 1.12 bits per heavy atom. The van der Waals surface area contributed by atoms with Gasteiger partial charge in [0.25, 0.3) is 0 Å². The lowest BCUT2D eigenvalue weighted by Crippen LogP contribution is -2.46. The number of amidine groups is 1. The summed E-state index contributed by atoms with van der Waals surface area (Å²) >= 11 is 1.82. The molecule has 2 aliphatic heterocycles. The monoisotopic (exact) mass is 341 g/mol. The summed E-state index contributed by atoms with van der Waals surface area (Å²) in [5.41, 5.74) is 2.00. The van der Waals surface area contributed by atoms with Gasteiger partial charge < -0.3 is 10.2 Å². The van der Waals surface area contributed by atoms with Crippen LogP contribution in [0.25, 0.3) is 0 Å². The first-order valence-corrected chi connectivity index (χ1v) is 9.62. The van der Waals surface area contributed by atoms with Crippen LogP contribution in [0.3, 0.4) is 0 Å². The Kier molecular flexibility index (Phi) is 7.86. The van der Waals surface area contributed by atoms with E-state index in [-0.39, 0.29) is 0 Å². The molecule has 0 aliphatic carbocycles. The molecule has 1 saturated heterocycles. The average Bonchev–Trinajstić information content (AvgIpc) is 2.68. The number of aliphatic imine (C=N–C) groups is 1. The number of thioether (sulfide) groups is 1. The van der Waals surface area contributed by atoms with Gasteiger partial charge in [0.1, 0.15) is 5.84 Å². The second-order valence-corrected chi connectivity index (χ2v) is 6.33. The molecule has 0 saturated carbocycles. The minimum Gasteiger partial charge on any atom is -0.354 e. The Balaban J connectivity index is 0.00000100. The van der Waals surface area contributed by atoms with Crippen LogP contribution in [0.4, 0.5) is 5.69 Å². The van der Waals surface area contributed by atoms with E-state index < -0.39 is 0 Å². The summed E-state index contributed by atoms with van der Waals surface area (Å²) < 4.78 is 0. The Bertz CT molecular complexity index is 626. The van der Waals surface area contributed by atoms with E-state index in [1.165, 1.54) is 4.90 Å². The normalized spacial score (nSPS) is 20.7. The summed E-state index contributed by atoms with van der Waals surface area (Å²) in [6, 6.07) is 8.35. The second-order valence-electron chi connectivity index (χ2n) is 5.26. The lowest BCUT2D eigenvalue weighted by atomic mass is 10.2. The highest BCUT2D eigenvalue weighted by molar-refractivity contribution is 7.99. The van der Waals surface area contributed by atoms with Gasteiger partial charge in [-0.2, -0.15) is 0 Å². The van der Waals surface area contributed by atoms with Gasteiger partial charge >= 0.3 is 0 Å². The Hall–Kier alpha value is -1.78. The average molecular weight is 342 g/mol. The lowest BCUT2D eigenvalue weighted by Gasteiger charge is -2.30. The highest BCUT2D eigenvalue weighted by atomic mass is 32.2. The summed E-state index contributed by atoms with van der Waals surface area (Å²) in [6.45, 7) is 12.2. The minimum absolute atomic E-state index is 0.951. The summed E-state index contributed by atoms with van der Waals surface area (Å²) in [4.78, 5) is 8.51. The predicted octanol–water partition coefficient (Wildman–Crippen LogP) is 4.42. The first kappa shape index (κ1) is 18.6. The molecule has 0 amide bonds. The smallest absolute Gasteiger partial charge is 0.136 e. The zero-order valence-corrected chi connectivity index (χ0v) is 15.5. The number of nitrogens with one attached hydrogen (secondary N) is 1. The number of hydrogen-bond acceptors (Lipinski definition) is 4. The van der Waals surface area contributed by atoms with Gasteiger partial charge in [-0.15, -0.1) is 11.8 Å². The number of fused-ring (bicyclic) bond motifs is 1. The standard InChI is InChI=1S/C18H21N3S.C2H6/c1-15-7-3-2-6-14-22-17-9-5-4-8-16(17)20-18(15)21-12-10-19-11-13-21;1-2/h2-9,19H,1,10-14H2;1-2H3/b6-2-,7-3-,20-18?;. The van der Waals surface area contributed by atoms with Crippen molar-refractivity contribution in [3.05, 3.63) is 60.7 Å². The molecule has 0 atom stereocenters. The molecule has 0 spiro atoms. The van der Waals surface area contributed by atoms with Gasteiger partial charge in [0.2, 0.25) is 0 Å². The van der Waals surface area contributed by atoms with Crippen molar-refractivity contribution in [2.75, 3.05) is 31.9 Å². The van der Waals surface area contributed by atoms with Crippen LogP contribution in [0.5, 0.6) is 0 Å². The molecule has 128 valence electrons. The van der Waals surface area contributed by atoms with Gasteiger partial charge in [0, 0.05) is 42.4 Å². The topological polar surface area (TPSA) is 27.6 Å². The third-order valence-corrected chi connectivity index (χ3v) is 4.69. The molecular weight excluding hydrogens is 314 g/mol. The van der Waals surface area contributed by atoms with Crippen LogP contribution in [0.1, 0.15) is 13.8 Å². The fourth-order valence-electron chi connectivity index (χ4n) is 2.53. The van der Waals surface area contributed by atoms with Crippen molar-refractivity contribution in [2.24, 2.45) is 4.99 Å². The molecule has 0 unspecified atom stereocenters. The van der Waals surface area contributed by atoms with Gasteiger partial charge in [0.05, 0.1) is 5.69 Å². The van der Waals surface area contributed by atoms with Crippen molar-refractivity contribution in [2.45, 2.75) is 18.7 Å². The summed E-state index contributed by atoms with van der Waals surface area (Å²) in [7, 11) is 0. The molecule has 0 aromatic heterocycles. The zero-order chi connectivity index (χ0) is 17.2. The van der Waals surface area contributed by atoms with Crippen LogP contribution >= 0.6 is 11.8 Å². The molecule has 4 heteroatoms. The quantitative estimate of drug-likeness (QED) is 0.757. The molecule has 2 aliphatic rings. The molecular formula is C20H27N3S. The van der Waals surface area contributed by atoms with E-state index in [2.05, 4.69) is 59.3 Å². The summed E-state index contributed by atoms with van der Waals surface area (Å²) in [6.07, 6.45) is 8.36. The number of hydrogen-bond donors (Lipinski definition) is 1.